The fourth-order valence-electron chi connectivity index (χ4n) is 2.90. The molecule has 0 saturated heterocycles. The Labute approximate surface area is 203 Å². The molecule has 1 amide bonds. The van der Waals surface area contributed by atoms with Gasteiger partial charge in [0.25, 0.3) is 5.91 Å². The second-order valence-electron chi connectivity index (χ2n) is 7.08. The predicted molar refractivity (Wildman–Crippen MR) is 127 cm³/mol. The van der Waals surface area contributed by atoms with Crippen LogP contribution in [0.2, 0.25) is 0 Å². The molecule has 0 atom stereocenters. The number of nitrogens with one attached hydrogen (secondary N) is 1. The van der Waals surface area contributed by atoms with Crippen LogP contribution in [0.4, 0.5) is 10.2 Å². The minimum atomic E-state index is -0.686. The smallest absolute Gasteiger partial charge is 0.259 e. The van der Waals surface area contributed by atoms with Crippen molar-refractivity contribution in [3.05, 3.63) is 76.9 Å². The van der Waals surface area contributed by atoms with Gasteiger partial charge in [-0.25, -0.2) is 14.4 Å². The lowest BCUT2D eigenvalue weighted by atomic mass is 10.2. The summed E-state index contributed by atoms with van der Waals surface area (Å²) in [6, 6.07) is 12.6. The number of halogens is 3. The monoisotopic (exact) mass is 532 g/mol. The summed E-state index contributed by atoms with van der Waals surface area (Å²) in [5.74, 6) is 0.0692. The van der Waals surface area contributed by atoms with E-state index in [0.717, 1.165) is 10.5 Å². The van der Waals surface area contributed by atoms with Gasteiger partial charge in [-0.05, 0) is 66.2 Å². The Bertz CT molecular complexity index is 1270. The van der Waals surface area contributed by atoms with Gasteiger partial charge in [0.1, 0.15) is 29.4 Å². The van der Waals surface area contributed by atoms with E-state index in [9.17, 15) is 9.18 Å². The zero-order valence-corrected chi connectivity index (χ0v) is 20.0. The summed E-state index contributed by atoms with van der Waals surface area (Å²) in [6.45, 7) is 4.00. The van der Waals surface area contributed by atoms with E-state index in [1.165, 1.54) is 12.1 Å². The summed E-state index contributed by atoms with van der Waals surface area (Å²) in [5, 5.41) is 10.7. The quantitative estimate of drug-likeness (QED) is 0.342. The number of aromatic nitrogens is 5. The van der Waals surface area contributed by atoms with E-state index in [-0.39, 0.29) is 35.6 Å². The summed E-state index contributed by atoms with van der Waals surface area (Å²) < 4.78 is 22.7. The maximum absolute atomic E-state index is 14.4. The second kappa shape index (κ2) is 10.5. The average molecular weight is 534 g/mol. The van der Waals surface area contributed by atoms with Crippen molar-refractivity contribution in [2.45, 2.75) is 19.9 Å². The van der Waals surface area contributed by atoms with Crippen LogP contribution in [-0.4, -0.2) is 30.6 Å². The lowest BCUT2D eigenvalue weighted by Crippen LogP contribution is -2.15. The van der Waals surface area contributed by atoms with Crippen molar-refractivity contribution < 1.29 is 13.9 Å². The average Bonchev–Trinajstić information content (AvgIpc) is 3.27. The zero-order chi connectivity index (χ0) is 22.7. The highest BCUT2D eigenvalue weighted by atomic mass is 79.9. The third-order valence-corrected chi connectivity index (χ3v) is 4.92. The van der Waals surface area contributed by atoms with Gasteiger partial charge < -0.3 is 14.6 Å². The summed E-state index contributed by atoms with van der Waals surface area (Å²) >= 11 is 3.30. The zero-order valence-electron chi connectivity index (χ0n) is 17.6. The Hall–Kier alpha value is -3.37. The van der Waals surface area contributed by atoms with Crippen LogP contribution in [0.3, 0.4) is 0 Å². The van der Waals surface area contributed by atoms with E-state index in [0.29, 0.717) is 17.4 Å². The summed E-state index contributed by atoms with van der Waals surface area (Å²) in [6.07, 6.45) is 3.19. The van der Waals surface area contributed by atoms with E-state index in [1.807, 2.05) is 18.4 Å². The van der Waals surface area contributed by atoms with Gasteiger partial charge in [-0.3, -0.25) is 4.79 Å². The lowest BCUT2D eigenvalue weighted by molar-refractivity contribution is 0.102. The molecule has 170 valence electrons. The van der Waals surface area contributed by atoms with Crippen LogP contribution < -0.4 is 10.1 Å². The predicted octanol–water partition coefficient (Wildman–Crippen LogP) is 5.68. The minimum absolute atomic E-state index is 0. The number of ether oxygens (including phenoxy) is 1. The molecule has 1 N–H and O–H groups in total. The molecule has 0 unspecified atom stereocenters. The SMILES string of the molecule is CC(C)n1cnnc1-c1cccc(NC(=O)c2cc(Oc3ccc(Br)cn3)ccc2F)n1.Cl. The topological polar surface area (TPSA) is 94.8 Å². The molecule has 0 spiro atoms. The first-order chi connectivity index (χ1) is 15.4. The van der Waals surface area contributed by atoms with Gasteiger partial charge >= 0.3 is 0 Å². The fourth-order valence-corrected chi connectivity index (χ4v) is 3.14. The van der Waals surface area contributed by atoms with E-state index in [1.54, 1.807) is 42.9 Å². The molecule has 0 saturated carbocycles. The number of carbonyl (C=O) groups is 1. The van der Waals surface area contributed by atoms with Gasteiger partial charge in [0.15, 0.2) is 5.82 Å². The molecule has 0 aliphatic rings. The largest absolute Gasteiger partial charge is 0.439 e. The maximum Gasteiger partial charge on any atom is 0.259 e. The van der Waals surface area contributed by atoms with Crippen molar-refractivity contribution in [1.82, 2.24) is 24.7 Å². The molecule has 0 aliphatic carbocycles. The summed E-state index contributed by atoms with van der Waals surface area (Å²) in [4.78, 5) is 21.3. The van der Waals surface area contributed by atoms with Gasteiger partial charge in [0.05, 0.1) is 5.56 Å². The van der Waals surface area contributed by atoms with Gasteiger partial charge in [0.2, 0.25) is 5.88 Å². The van der Waals surface area contributed by atoms with Crippen LogP contribution >= 0.6 is 28.3 Å². The molecule has 0 fully saturated rings. The molecule has 4 aromatic rings. The molecule has 33 heavy (non-hydrogen) atoms. The number of anilines is 1. The molecule has 11 heteroatoms. The first-order valence-corrected chi connectivity index (χ1v) is 10.5. The maximum atomic E-state index is 14.4. The number of benzene rings is 1. The summed E-state index contributed by atoms with van der Waals surface area (Å²) in [5.41, 5.74) is 0.352. The van der Waals surface area contributed by atoms with Crippen molar-refractivity contribution in [2.24, 2.45) is 0 Å². The molecule has 4 rings (SSSR count). The van der Waals surface area contributed by atoms with Crippen molar-refractivity contribution >= 4 is 40.1 Å². The van der Waals surface area contributed by atoms with Crippen LogP contribution in [0, 0.1) is 5.82 Å². The van der Waals surface area contributed by atoms with Crippen molar-refractivity contribution in [2.75, 3.05) is 5.32 Å². The van der Waals surface area contributed by atoms with E-state index in [4.69, 9.17) is 4.74 Å². The number of hydrogen-bond acceptors (Lipinski definition) is 6. The summed E-state index contributed by atoms with van der Waals surface area (Å²) in [7, 11) is 0. The van der Waals surface area contributed by atoms with Crippen LogP contribution in [0.1, 0.15) is 30.2 Å². The Morgan fingerprint density at radius 1 is 1.18 bits per heavy atom. The van der Waals surface area contributed by atoms with Crippen LogP contribution in [0.25, 0.3) is 11.5 Å². The van der Waals surface area contributed by atoms with E-state index in [2.05, 4.69) is 41.4 Å². The second-order valence-corrected chi connectivity index (χ2v) is 7.99. The Morgan fingerprint density at radius 2 is 2.00 bits per heavy atom. The van der Waals surface area contributed by atoms with Crippen LogP contribution in [0.15, 0.2) is 65.5 Å². The molecule has 0 bridgehead atoms. The molecule has 3 aromatic heterocycles. The highest BCUT2D eigenvalue weighted by Gasteiger charge is 2.16. The number of rotatable bonds is 6. The van der Waals surface area contributed by atoms with Gasteiger partial charge in [-0.1, -0.05) is 6.07 Å². The number of carbonyl (C=O) groups excluding carboxylic acids is 1. The van der Waals surface area contributed by atoms with E-state index >= 15 is 0 Å². The minimum Gasteiger partial charge on any atom is -0.439 e. The van der Waals surface area contributed by atoms with Crippen molar-refractivity contribution in [1.29, 1.82) is 0 Å². The Morgan fingerprint density at radius 3 is 2.73 bits per heavy atom. The number of nitrogens with zero attached hydrogens (tertiary/aromatic N) is 5. The third kappa shape index (κ3) is 5.71. The molecule has 1 aromatic carbocycles. The van der Waals surface area contributed by atoms with Crippen LogP contribution in [0.5, 0.6) is 11.6 Å². The highest BCUT2D eigenvalue weighted by molar-refractivity contribution is 9.10. The molecule has 0 radical (unpaired) electrons. The molecule has 8 nitrogen and oxygen atoms in total. The standard InChI is InChI=1S/C22H18BrFN6O2.ClH/c1-13(2)30-12-26-29-21(30)18-4-3-5-19(27-18)28-22(31)16-10-15(7-8-17(16)24)32-20-9-6-14(23)11-25-20;/h3-13H,1-2H3,(H,27,28,31);1H. The Kier molecular flexibility index (Phi) is 7.72. The van der Waals surface area contributed by atoms with Crippen molar-refractivity contribution in [3.8, 4) is 23.1 Å². The van der Waals surface area contributed by atoms with Gasteiger partial charge in [-0.15, -0.1) is 22.6 Å². The van der Waals surface area contributed by atoms with Gasteiger partial charge in [0, 0.05) is 22.8 Å². The van der Waals surface area contributed by atoms with Gasteiger partial charge in [-0.2, -0.15) is 0 Å². The molecule has 3 heterocycles. The number of amides is 1. The highest BCUT2D eigenvalue weighted by Crippen LogP contribution is 2.24. The van der Waals surface area contributed by atoms with E-state index < -0.39 is 11.7 Å². The third-order valence-electron chi connectivity index (χ3n) is 4.45. The molecule has 0 aliphatic heterocycles. The molecular weight excluding hydrogens is 515 g/mol. The fraction of sp³-hybridized carbons (Fsp3) is 0.136. The Balaban J connectivity index is 0.00000306. The number of hydrogen-bond donors (Lipinski definition) is 1. The number of pyridine rings is 2. The first-order valence-electron chi connectivity index (χ1n) is 9.68. The van der Waals surface area contributed by atoms with Crippen molar-refractivity contribution in [3.63, 3.8) is 0 Å². The van der Waals surface area contributed by atoms with Crippen LogP contribution in [-0.2, 0) is 0 Å². The lowest BCUT2D eigenvalue weighted by Gasteiger charge is -2.11. The molecular formula is C22H19BrClFN6O2. The first kappa shape index (κ1) is 24.3. The normalized spacial score (nSPS) is 10.6.